The van der Waals surface area contributed by atoms with E-state index in [9.17, 15) is 27.6 Å². The van der Waals surface area contributed by atoms with Gasteiger partial charge in [-0.15, -0.1) is 0 Å². The van der Waals surface area contributed by atoms with Crippen molar-refractivity contribution >= 4 is 17.8 Å². The van der Waals surface area contributed by atoms with Gasteiger partial charge in [0.15, 0.2) is 0 Å². The number of alkyl halides is 3. The quantitative estimate of drug-likeness (QED) is 0.601. The summed E-state index contributed by atoms with van der Waals surface area (Å²) in [5.74, 6) is -5.49. The van der Waals surface area contributed by atoms with Crippen LogP contribution >= 0.6 is 0 Å². The van der Waals surface area contributed by atoms with Crippen molar-refractivity contribution in [2.24, 2.45) is 11.8 Å². The van der Waals surface area contributed by atoms with Crippen LogP contribution in [0.5, 0.6) is 0 Å². The number of likely N-dealkylation sites (tertiary alicyclic amines) is 1. The molecule has 6 nitrogen and oxygen atoms in total. The molecule has 1 aromatic rings. The predicted molar refractivity (Wildman–Crippen MR) is 88.2 cm³/mol. The van der Waals surface area contributed by atoms with Gasteiger partial charge in [0.1, 0.15) is 0 Å². The van der Waals surface area contributed by atoms with Gasteiger partial charge in [0, 0.05) is 19.6 Å². The molecule has 0 saturated carbocycles. The molecule has 2 amide bonds. The minimum absolute atomic E-state index is 0.146. The zero-order chi connectivity index (χ0) is 19.8. The fourth-order valence-electron chi connectivity index (χ4n) is 3.70. The van der Waals surface area contributed by atoms with E-state index in [0.29, 0.717) is 30.5 Å². The number of carboxylic acid groups (broad SMARTS) is 1. The highest BCUT2D eigenvalue weighted by Crippen LogP contribution is 2.37. The molecule has 1 N–H and O–H groups in total. The van der Waals surface area contributed by atoms with Crippen molar-refractivity contribution in [2.75, 3.05) is 26.2 Å². The number of benzene rings is 1. The Bertz CT molecular complexity index is 730. The number of halogens is 3. The number of aliphatic carboxylic acids is 1. The number of hydrogen-bond donors (Lipinski definition) is 1. The van der Waals surface area contributed by atoms with Crippen LogP contribution in [0, 0.1) is 11.8 Å². The lowest BCUT2D eigenvalue weighted by atomic mass is 9.96. The second-order valence-corrected chi connectivity index (χ2v) is 6.87. The van der Waals surface area contributed by atoms with Gasteiger partial charge in [0.2, 0.25) is 0 Å². The Labute approximate surface area is 153 Å². The molecule has 1 saturated heterocycles. The van der Waals surface area contributed by atoms with Gasteiger partial charge in [-0.05, 0) is 31.5 Å². The molecular weight excluding hydrogens is 365 g/mol. The van der Waals surface area contributed by atoms with E-state index in [0.717, 1.165) is 4.90 Å². The van der Waals surface area contributed by atoms with Gasteiger partial charge in [0.05, 0.1) is 23.0 Å². The molecule has 27 heavy (non-hydrogen) atoms. The number of fused-ring (bicyclic) bond motifs is 1. The van der Waals surface area contributed by atoms with Crippen molar-refractivity contribution in [3.63, 3.8) is 0 Å². The highest BCUT2D eigenvalue weighted by molar-refractivity contribution is 6.21. The molecule has 146 valence electrons. The number of rotatable bonds is 6. The first-order valence-corrected chi connectivity index (χ1v) is 8.67. The molecule has 0 radical (unpaired) electrons. The second-order valence-electron chi connectivity index (χ2n) is 6.87. The molecule has 0 aliphatic carbocycles. The molecule has 0 aromatic heterocycles. The van der Waals surface area contributed by atoms with Gasteiger partial charge < -0.3 is 10.0 Å². The Morgan fingerprint density at radius 3 is 2.07 bits per heavy atom. The lowest BCUT2D eigenvalue weighted by Crippen LogP contribution is -2.33. The van der Waals surface area contributed by atoms with Crippen LogP contribution < -0.4 is 0 Å². The Morgan fingerprint density at radius 2 is 1.59 bits per heavy atom. The number of amides is 2. The first-order valence-electron chi connectivity index (χ1n) is 8.67. The molecule has 0 spiro atoms. The highest BCUT2D eigenvalue weighted by Gasteiger charge is 2.52. The van der Waals surface area contributed by atoms with Gasteiger partial charge in [-0.2, -0.15) is 13.2 Å². The lowest BCUT2D eigenvalue weighted by molar-refractivity contribution is -0.188. The van der Waals surface area contributed by atoms with Crippen LogP contribution in [-0.2, 0) is 4.79 Å². The van der Waals surface area contributed by atoms with Gasteiger partial charge in [-0.3, -0.25) is 19.3 Å². The predicted octanol–water partition coefficient (Wildman–Crippen LogP) is 2.26. The van der Waals surface area contributed by atoms with E-state index in [2.05, 4.69) is 0 Å². The summed E-state index contributed by atoms with van der Waals surface area (Å²) >= 11 is 0. The summed E-state index contributed by atoms with van der Waals surface area (Å²) in [5.41, 5.74) is 0.721. The summed E-state index contributed by atoms with van der Waals surface area (Å²) in [7, 11) is 0. The van der Waals surface area contributed by atoms with Crippen LogP contribution in [0.4, 0.5) is 13.2 Å². The normalized spacial score (nSPS) is 23.1. The average Bonchev–Trinajstić information content (AvgIpc) is 3.14. The number of carbonyl (C=O) groups is 3. The molecule has 2 atom stereocenters. The number of nitrogens with zero attached hydrogens (tertiary/aromatic N) is 2. The molecule has 0 bridgehead atoms. The molecule has 2 aliphatic heterocycles. The maximum atomic E-state index is 13.0. The summed E-state index contributed by atoms with van der Waals surface area (Å²) in [4.78, 5) is 38.2. The van der Waals surface area contributed by atoms with Gasteiger partial charge in [-0.25, -0.2) is 0 Å². The maximum absolute atomic E-state index is 13.0. The van der Waals surface area contributed by atoms with Gasteiger partial charge >= 0.3 is 12.1 Å². The lowest BCUT2D eigenvalue weighted by Gasteiger charge is -2.19. The van der Waals surface area contributed by atoms with Gasteiger partial charge in [-0.1, -0.05) is 12.1 Å². The van der Waals surface area contributed by atoms with Crippen molar-refractivity contribution < 1.29 is 32.7 Å². The van der Waals surface area contributed by atoms with Crippen LogP contribution in [0.15, 0.2) is 24.3 Å². The van der Waals surface area contributed by atoms with Crippen molar-refractivity contribution in [1.29, 1.82) is 0 Å². The SMILES string of the molecule is O=C(O)[C@@H]1CN(CCCCN2C(=O)c3ccccc3C2=O)C[C@H]1C(F)(F)F. The smallest absolute Gasteiger partial charge is 0.393 e. The number of hydrogen-bond acceptors (Lipinski definition) is 4. The third-order valence-electron chi connectivity index (χ3n) is 5.12. The second kappa shape index (κ2) is 7.30. The standard InChI is InChI=1S/C18H19F3N2O4/c19-18(20,21)14-10-22(9-13(14)17(26)27)7-3-4-8-23-15(24)11-5-1-2-6-12(11)16(23)25/h1-2,5-6,13-14H,3-4,7-10H2,(H,26,27)/t13-,14-/m1/s1. The number of imide groups is 1. The maximum Gasteiger partial charge on any atom is 0.393 e. The van der Waals surface area contributed by atoms with Crippen LogP contribution in [0.25, 0.3) is 0 Å². The molecule has 2 heterocycles. The summed E-state index contributed by atoms with van der Waals surface area (Å²) in [6.45, 7) is -0.00914. The topological polar surface area (TPSA) is 77.9 Å². The molecule has 0 unspecified atom stereocenters. The number of carboxylic acids is 1. The molecule has 2 aliphatic rings. The monoisotopic (exact) mass is 384 g/mol. The molecular formula is C18H19F3N2O4. The largest absolute Gasteiger partial charge is 0.481 e. The minimum Gasteiger partial charge on any atom is -0.481 e. The minimum atomic E-state index is -4.54. The summed E-state index contributed by atoms with van der Waals surface area (Å²) in [6.07, 6.45) is -3.64. The average molecular weight is 384 g/mol. The van der Waals surface area contributed by atoms with Crippen LogP contribution in [0.3, 0.4) is 0 Å². The first-order chi connectivity index (χ1) is 12.7. The van der Waals surface area contributed by atoms with Crippen molar-refractivity contribution in [1.82, 2.24) is 9.80 Å². The molecule has 1 aromatic carbocycles. The van der Waals surface area contributed by atoms with Crippen molar-refractivity contribution in [3.8, 4) is 0 Å². The zero-order valence-electron chi connectivity index (χ0n) is 14.4. The Kier molecular flexibility index (Phi) is 5.23. The van der Waals surface area contributed by atoms with Crippen LogP contribution in [0.1, 0.15) is 33.6 Å². The molecule has 1 fully saturated rings. The van der Waals surface area contributed by atoms with Crippen molar-refractivity contribution in [2.45, 2.75) is 19.0 Å². The molecule has 3 rings (SSSR count). The van der Waals surface area contributed by atoms with E-state index >= 15 is 0 Å². The van der Waals surface area contributed by atoms with E-state index in [-0.39, 0.29) is 31.4 Å². The van der Waals surface area contributed by atoms with E-state index < -0.39 is 24.0 Å². The Morgan fingerprint density at radius 1 is 1.04 bits per heavy atom. The first kappa shape index (κ1) is 19.3. The number of carbonyl (C=O) groups excluding carboxylic acids is 2. The Balaban J connectivity index is 1.50. The summed E-state index contributed by atoms with van der Waals surface area (Å²) < 4.78 is 38.9. The summed E-state index contributed by atoms with van der Waals surface area (Å²) in [6, 6.07) is 6.53. The molecule has 9 heteroatoms. The number of unbranched alkanes of at least 4 members (excludes halogenated alkanes) is 1. The van der Waals surface area contributed by atoms with Crippen LogP contribution in [-0.4, -0.2) is 65.0 Å². The van der Waals surface area contributed by atoms with E-state index in [1.807, 2.05) is 0 Å². The van der Waals surface area contributed by atoms with E-state index in [1.165, 1.54) is 4.90 Å². The van der Waals surface area contributed by atoms with E-state index in [1.54, 1.807) is 24.3 Å². The highest BCUT2D eigenvalue weighted by atomic mass is 19.4. The fraction of sp³-hybridized carbons (Fsp3) is 0.500. The Hall–Kier alpha value is -2.42. The zero-order valence-corrected chi connectivity index (χ0v) is 14.4. The third-order valence-corrected chi connectivity index (χ3v) is 5.12. The third kappa shape index (κ3) is 3.83. The summed E-state index contributed by atoms with van der Waals surface area (Å²) in [5, 5.41) is 9.02. The fourth-order valence-corrected chi connectivity index (χ4v) is 3.70. The van der Waals surface area contributed by atoms with E-state index in [4.69, 9.17) is 5.11 Å². The van der Waals surface area contributed by atoms with Crippen molar-refractivity contribution in [3.05, 3.63) is 35.4 Å². The van der Waals surface area contributed by atoms with Crippen LogP contribution in [0.2, 0.25) is 0 Å². The van der Waals surface area contributed by atoms with Gasteiger partial charge in [0.25, 0.3) is 11.8 Å².